The van der Waals surface area contributed by atoms with E-state index in [-0.39, 0.29) is 23.0 Å². The lowest BCUT2D eigenvalue weighted by atomic mass is 10.2. The standard InChI is InChI=1S/C14H13F2N5/c1-2-5-18-14-19-8-11(16)13(21-14)20-12-4-3-9(7-17)6-10(12)15/h3-4,6,8H,2,5H2,1H3,(H2,18,19,20,21). The summed E-state index contributed by atoms with van der Waals surface area (Å²) in [5.41, 5.74) is 0.222. The molecule has 108 valence electrons. The first kappa shape index (κ1) is 14.7. The zero-order chi connectivity index (χ0) is 15.2. The summed E-state index contributed by atoms with van der Waals surface area (Å²) in [7, 11) is 0. The highest BCUT2D eigenvalue weighted by molar-refractivity contribution is 5.59. The van der Waals surface area contributed by atoms with Crippen LogP contribution in [0.3, 0.4) is 0 Å². The largest absolute Gasteiger partial charge is 0.354 e. The van der Waals surface area contributed by atoms with E-state index in [0.29, 0.717) is 6.54 Å². The fraction of sp³-hybridized carbons (Fsp3) is 0.214. The molecule has 0 bridgehead atoms. The zero-order valence-electron chi connectivity index (χ0n) is 11.3. The van der Waals surface area contributed by atoms with Crippen molar-refractivity contribution in [2.75, 3.05) is 17.2 Å². The van der Waals surface area contributed by atoms with Crippen molar-refractivity contribution < 1.29 is 8.78 Å². The van der Waals surface area contributed by atoms with Crippen LogP contribution in [0.5, 0.6) is 0 Å². The van der Waals surface area contributed by atoms with Crippen LogP contribution in [0.25, 0.3) is 0 Å². The number of hydrogen-bond donors (Lipinski definition) is 2. The highest BCUT2D eigenvalue weighted by Gasteiger charge is 2.10. The van der Waals surface area contributed by atoms with E-state index in [1.165, 1.54) is 12.1 Å². The van der Waals surface area contributed by atoms with E-state index in [0.717, 1.165) is 18.7 Å². The Kier molecular flexibility index (Phi) is 4.61. The number of anilines is 3. The van der Waals surface area contributed by atoms with Crippen molar-refractivity contribution in [3.63, 3.8) is 0 Å². The molecule has 2 rings (SSSR count). The third-order valence-electron chi connectivity index (χ3n) is 2.63. The van der Waals surface area contributed by atoms with Gasteiger partial charge in [-0.25, -0.2) is 13.8 Å². The van der Waals surface area contributed by atoms with E-state index in [4.69, 9.17) is 5.26 Å². The van der Waals surface area contributed by atoms with Crippen molar-refractivity contribution in [3.05, 3.63) is 41.6 Å². The number of nitrogens with zero attached hydrogens (tertiary/aromatic N) is 3. The topological polar surface area (TPSA) is 73.6 Å². The second-order valence-electron chi connectivity index (χ2n) is 4.25. The van der Waals surface area contributed by atoms with Crippen LogP contribution >= 0.6 is 0 Å². The number of nitrogens with one attached hydrogen (secondary N) is 2. The minimum absolute atomic E-state index is 0.0352. The molecule has 0 spiro atoms. The number of rotatable bonds is 5. The maximum Gasteiger partial charge on any atom is 0.224 e. The molecule has 1 aromatic heterocycles. The molecule has 0 aliphatic heterocycles. The smallest absolute Gasteiger partial charge is 0.224 e. The maximum atomic E-state index is 13.8. The fourth-order valence-corrected chi connectivity index (χ4v) is 1.59. The molecule has 5 nitrogen and oxygen atoms in total. The van der Waals surface area contributed by atoms with Gasteiger partial charge in [0.15, 0.2) is 11.6 Å². The van der Waals surface area contributed by atoms with Crippen molar-refractivity contribution in [1.82, 2.24) is 9.97 Å². The molecule has 1 heterocycles. The molecule has 0 atom stereocenters. The van der Waals surface area contributed by atoms with E-state index >= 15 is 0 Å². The van der Waals surface area contributed by atoms with E-state index < -0.39 is 11.6 Å². The van der Waals surface area contributed by atoms with E-state index in [9.17, 15) is 8.78 Å². The summed E-state index contributed by atoms with van der Waals surface area (Å²) in [6, 6.07) is 5.68. The molecule has 0 saturated carbocycles. The SMILES string of the molecule is CCCNc1ncc(F)c(Nc2ccc(C#N)cc2F)n1. The fourth-order valence-electron chi connectivity index (χ4n) is 1.59. The molecule has 0 radical (unpaired) electrons. The summed E-state index contributed by atoms with van der Waals surface area (Å²) in [4.78, 5) is 7.74. The minimum atomic E-state index is -0.694. The van der Waals surface area contributed by atoms with Gasteiger partial charge in [-0.3, -0.25) is 0 Å². The van der Waals surface area contributed by atoms with Crippen molar-refractivity contribution in [2.45, 2.75) is 13.3 Å². The van der Waals surface area contributed by atoms with Crippen LogP contribution in [0, 0.1) is 23.0 Å². The first-order chi connectivity index (χ1) is 10.1. The van der Waals surface area contributed by atoms with Gasteiger partial charge in [-0.05, 0) is 24.6 Å². The van der Waals surface area contributed by atoms with E-state index in [2.05, 4.69) is 20.6 Å². The third-order valence-corrected chi connectivity index (χ3v) is 2.63. The lowest BCUT2D eigenvalue weighted by Crippen LogP contribution is -2.07. The molecule has 2 N–H and O–H groups in total. The van der Waals surface area contributed by atoms with Gasteiger partial charge in [-0.1, -0.05) is 6.92 Å². The first-order valence-corrected chi connectivity index (χ1v) is 6.37. The van der Waals surface area contributed by atoms with Crippen molar-refractivity contribution in [2.24, 2.45) is 0 Å². The van der Waals surface area contributed by atoms with E-state index in [1.807, 2.05) is 13.0 Å². The van der Waals surface area contributed by atoms with Gasteiger partial charge in [0.1, 0.15) is 5.82 Å². The van der Waals surface area contributed by atoms with Crippen LogP contribution in [-0.2, 0) is 0 Å². The monoisotopic (exact) mass is 289 g/mol. The predicted molar refractivity (Wildman–Crippen MR) is 75.2 cm³/mol. The molecule has 0 fully saturated rings. The molecular weight excluding hydrogens is 276 g/mol. The van der Waals surface area contributed by atoms with Gasteiger partial charge in [0.2, 0.25) is 5.95 Å². The van der Waals surface area contributed by atoms with Crippen LogP contribution in [0.15, 0.2) is 24.4 Å². The summed E-state index contributed by atoms with van der Waals surface area (Å²) in [6.07, 6.45) is 1.88. The van der Waals surface area contributed by atoms with Crippen molar-refractivity contribution >= 4 is 17.5 Å². The molecule has 2 aromatic rings. The number of halogens is 2. The van der Waals surface area contributed by atoms with Crippen molar-refractivity contribution in [1.29, 1.82) is 5.26 Å². The second kappa shape index (κ2) is 6.61. The average Bonchev–Trinajstić information content (AvgIpc) is 2.49. The normalized spacial score (nSPS) is 10.0. The molecule has 21 heavy (non-hydrogen) atoms. The van der Waals surface area contributed by atoms with Gasteiger partial charge in [-0.15, -0.1) is 0 Å². The summed E-state index contributed by atoms with van der Waals surface area (Å²) < 4.78 is 27.4. The maximum absolute atomic E-state index is 13.8. The third kappa shape index (κ3) is 3.63. The van der Waals surface area contributed by atoms with Gasteiger partial charge < -0.3 is 10.6 Å². The molecule has 0 aliphatic rings. The van der Waals surface area contributed by atoms with Crippen LogP contribution < -0.4 is 10.6 Å². The molecule has 0 saturated heterocycles. The minimum Gasteiger partial charge on any atom is -0.354 e. The molecule has 7 heteroatoms. The Labute approximate surface area is 120 Å². The van der Waals surface area contributed by atoms with Gasteiger partial charge >= 0.3 is 0 Å². The van der Waals surface area contributed by atoms with Gasteiger partial charge in [-0.2, -0.15) is 10.2 Å². The van der Waals surface area contributed by atoms with Crippen molar-refractivity contribution in [3.8, 4) is 6.07 Å². The molecule has 0 amide bonds. The van der Waals surface area contributed by atoms with E-state index in [1.54, 1.807) is 0 Å². The quantitative estimate of drug-likeness (QED) is 0.884. The Bertz CT molecular complexity index is 682. The van der Waals surface area contributed by atoms with Crippen LogP contribution in [-0.4, -0.2) is 16.5 Å². The van der Waals surface area contributed by atoms with Crippen LogP contribution in [0.1, 0.15) is 18.9 Å². The zero-order valence-corrected chi connectivity index (χ0v) is 11.3. The Balaban J connectivity index is 2.24. The van der Waals surface area contributed by atoms with Crippen LogP contribution in [0.2, 0.25) is 0 Å². The second-order valence-corrected chi connectivity index (χ2v) is 4.25. The molecule has 0 unspecified atom stereocenters. The molecule has 0 aliphatic carbocycles. The molecular formula is C14H13F2N5. The Morgan fingerprint density at radius 2 is 2.10 bits per heavy atom. The number of hydrogen-bond acceptors (Lipinski definition) is 5. The summed E-state index contributed by atoms with van der Waals surface area (Å²) in [5.74, 6) is -1.22. The number of benzene rings is 1. The van der Waals surface area contributed by atoms with Crippen LogP contribution in [0.4, 0.5) is 26.2 Å². The Hall–Kier alpha value is -2.75. The Morgan fingerprint density at radius 1 is 1.29 bits per heavy atom. The summed E-state index contributed by atoms with van der Waals surface area (Å²) in [5, 5.41) is 14.2. The number of nitriles is 1. The predicted octanol–water partition coefficient (Wildman–Crippen LogP) is 3.19. The summed E-state index contributed by atoms with van der Waals surface area (Å²) in [6.45, 7) is 2.62. The highest BCUT2D eigenvalue weighted by atomic mass is 19.1. The van der Waals surface area contributed by atoms with Gasteiger partial charge in [0.25, 0.3) is 0 Å². The number of aromatic nitrogens is 2. The summed E-state index contributed by atoms with van der Waals surface area (Å²) >= 11 is 0. The molecule has 1 aromatic carbocycles. The first-order valence-electron chi connectivity index (χ1n) is 6.37. The lowest BCUT2D eigenvalue weighted by molar-refractivity contribution is 0.616. The van der Waals surface area contributed by atoms with Gasteiger partial charge in [0, 0.05) is 6.54 Å². The average molecular weight is 289 g/mol. The highest BCUT2D eigenvalue weighted by Crippen LogP contribution is 2.22. The van der Waals surface area contributed by atoms with Gasteiger partial charge in [0.05, 0.1) is 23.5 Å². The Morgan fingerprint density at radius 3 is 2.76 bits per heavy atom. The lowest BCUT2D eigenvalue weighted by Gasteiger charge is -2.09.